The van der Waals surface area contributed by atoms with E-state index < -0.39 is 33.1 Å². The van der Waals surface area contributed by atoms with Gasteiger partial charge in [0.05, 0.1) is 29.1 Å². The Kier molecular flexibility index (Phi) is 13.1. The lowest BCUT2D eigenvalue weighted by molar-refractivity contribution is -0.384. The number of carbonyl (C=O) groups is 3. The standard InChI is InChI=1S/C31H37N7O10/c1-20(2)30(40)36-13-11-35(12-14-36)10-6-7-15-48-26-18-21(29(32)39)16-23(37(43)44)28(26)34-9-5-4-8-33-27-24(38(45)46)17-22(31(41)42)19-25(27)47-3/h4-5,16-20,33-34H,8-15H2,1-3H3,(H2,32,39)(H,41,42). The summed E-state index contributed by atoms with van der Waals surface area (Å²) in [7, 11) is 1.25. The van der Waals surface area contributed by atoms with E-state index in [1.807, 2.05) is 18.7 Å². The first-order chi connectivity index (χ1) is 22.8. The molecule has 2 amide bonds. The predicted molar refractivity (Wildman–Crippen MR) is 175 cm³/mol. The van der Waals surface area contributed by atoms with Gasteiger partial charge >= 0.3 is 5.97 Å². The lowest BCUT2D eigenvalue weighted by Crippen LogP contribution is -2.49. The van der Waals surface area contributed by atoms with Crippen molar-refractivity contribution in [1.29, 1.82) is 0 Å². The average molecular weight is 668 g/mol. The largest absolute Gasteiger partial charge is 0.494 e. The van der Waals surface area contributed by atoms with E-state index >= 15 is 0 Å². The van der Waals surface area contributed by atoms with Gasteiger partial charge in [-0.2, -0.15) is 0 Å². The van der Waals surface area contributed by atoms with E-state index in [1.54, 1.807) is 12.2 Å². The van der Waals surface area contributed by atoms with Crippen LogP contribution in [0.5, 0.6) is 11.5 Å². The molecule has 0 aliphatic carbocycles. The molecule has 17 heteroatoms. The van der Waals surface area contributed by atoms with Crippen molar-refractivity contribution in [2.24, 2.45) is 11.7 Å². The summed E-state index contributed by atoms with van der Waals surface area (Å²) in [4.78, 5) is 61.3. The zero-order chi connectivity index (χ0) is 35.4. The Morgan fingerprint density at radius 3 is 1.98 bits per heavy atom. The van der Waals surface area contributed by atoms with Crippen LogP contribution in [0, 0.1) is 38.0 Å². The molecule has 2 aromatic rings. The molecule has 3 rings (SSSR count). The number of rotatable bonds is 15. The van der Waals surface area contributed by atoms with Crippen LogP contribution in [0.4, 0.5) is 22.7 Å². The number of ether oxygens (including phenoxy) is 2. The van der Waals surface area contributed by atoms with Crippen molar-refractivity contribution < 1.29 is 38.8 Å². The number of nitro benzene ring substituents is 2. The molecule has 0 saturated carbocycles. The third-order valence-electron chi connectivity index (χ3n) is 7.17. The minimum atomic E-state index is -1.35. The quantitative estimate of drug-likeness (QED) is 0.0927. The number of aromatic carboxylic acids is 1. The number of nitrogens with one attached hydrogen (secondary N) is 2. The molecule has 0 unspecified atom stereocenters. The first-order valence-corrected chi connectivity index (χ1v) is 14.8. The van der Waals surface area contributed by atoms with Crippen LogP contribution in [0.3, 0.4) is 0 Å². The number of carboxylic acids is 1. The van der Waals surface area contributed by atoms with Gasteiger partial charge in [0.1, 0.15) is 12.4 Å². The van der Waals surface area contributed by atoms with E-state index in [4.69, 9.17) is 15.2 Å². The molecule has 0 spiro atoms. The van der Waals surface area contributed by atoms with Crippen LogP contribution >= 0.6 is 0 Å². The van der Waals surface area contributed by atoms with Crippen molar-refractivity contribution in [3.63, 3.8) is 0 Å². The second-order valence-corrected chi connectivity index (χ2v) is 10.8. The van der Waals surface area contributed by atoms with Gasteiger partial charge < -0.3 is 35.8 Å². The Bertz CT molecular complexity index is 1640. The van der Waals surface area contributed by atoms with E-state index in [-0.39, 0.29) is 65.5 Å². The first kappa shape index (κ1) is 36.6. The van der Waals surface area contributed by atoms with E-state index in [9.17, 15) is 39.7 Å². The molecule has 0 bridgehead atoms. The number of amides is 2. The van der Waals surface area contributed by atoms with Crippen molar-refractivity contribution in [3.8, 4) is 23.3 Å². The highest BCUT2D eigenvalue weighted by atomic mass is 16.6. The number of primary amides is 1. The van der Waals surface area contributed by atoms with Gasteiger partial charge in [0.25, 0.3) is 11.4 Å². The van der Waals surface area contributed by atoms with Crippen LogP contribution < -0.4 is 25.8 Å². The highest BCUT2D eigenvalue weighted by molar-refractivity contribution is 5.95. The van der Waals surface area contributed by atoms with E-state index in [0.717, 1.165) is 18.2 Å². The van der Waals surface area contributed by atoms with Crippen LogP contribution in [0.1, 0.15) is 34.6 Å². The summed E-state index contributed by atoms with van der Waals surface area (Å²) in [5.41, 5.74) is 3.96. The van der Waals surface area contributed by atoms with Crippen molar-refractivity contribution in [2.75, 3.05) is 70.2 Å². The number of nitrogens with two attached hydrogens (primary N) is 1. The maximum absolute atomic E-state index is 12.2. The second kappa shape index (κ2) is 17.1. The third-order valence-corrected chi connectivity index (χ3v) is 7.17. The monoisotopic (exact) mass is 667 g/mol. The van der Waals surface area contributed by atoms with Crippen molar-refractivity contribution in [1.82, 2.24) is 9.80 Å². The maximum Gasteiger partial charge on any atom is 0.336 e. The number of nitrogens with zero attached hydrogens (tertiary/aromatic N) is 4. The van der Waals surface area contributed by atoms with Gasteiger partial charge in [-0.25, -0.2) is 4.79 Å². The fraction of sp³-hybridized carbons (Fsp3) is 0.387. The van der Waals surface area contributed by atoms with Crippen molar-refractivity contribution in [2.45, 2.75) is 13.8 Å². The Morgan fingerprint density at radius 2 is 1.48 bits per heavy atom. The van der Waals surface area contributed by atoms with Crippen LogP contribution in [-0.2, 0) is 4.79 Å². The minimum absolute atomic E-state index is 0.0153. The number of nitro groups is 2. The van der Waals surface area contributed by atoms with Gasteiger partial charge in [-0.3, -0.25) is 34.7 Å². The lowest BCUT2D eigenvalue weighted by atomic mass is 10.1. The van der Waals surface area contributed by atoms with Gasteiger partial charge in [0, 0.05) is 62.9 Å². The Labute approximate surface area is 275 Å². The highest BCUT2D eigenvalue weighted by Crippen LogP contribution is 2.37. The smallest absolute Gasteiger partial charge is 0.336 e. The molecule has 1 saturated heterocycles. The van der Waals surface area contributed by atoms with Crippen LogP contribution in [0.25, 0.3) is 0 Å². The van der Waals surface area contributed by atoms with E-state index in [0.29, 0.717) is 32.7 Å². The molecule has 256 valence electrons. The van der Waals surface area contributed by atoms with Crippen molar-refractivity contribution >= 4 is 40.5 Å². The Hall–Kier alpha value is -5.89. The number of anilines is 2. The molecule has 1 aliphatic rings. The molecule has 17 nitrogen and oxygen atoms in total. The summed E-state index contributed by atoms with van der Waals surface area (Å²) in [6.07, 6.45) is 3.16. The summed E-state index contributed by atoms with van der Waals surface area (Å²) in [6, 6.07) is 4.38. The predicted octanol–water partition coefficient (Wildman–Crippen LogP) is 2.57. The van der Waals surface area contributed by atoms with Gasteiger partial charge in [-0.05, 0) is 12.1 Å². The number of benzene rings is 2. The fourth-order valence-electron chi connectivity index (χ4n) is 4.70. The summed E-state index contributed by atoms with van der Waals surface area (Å²) in [5, 5.41) is 38.4. The first-order valence-electron chi connectivity index (χ1n) is 14.8. The Balaban J connectivity index is 1.66. The normalized spacial score (nSPS) is 13.0. The molecule has 0 atom stereocenters. The van der Waals surface area contributed by atoms with Crippen molar-refractivity contribution in [3.05, 3.63) is 67.8 Å². The van der Waals surface area contributed by atoms with E-state index in [2.05, 4.69) is 27.4 Å². The van der Waals surface area contributed by atoms with Crippen LogP contribution in [0.2, 0.25) is 0 Å². The summed E-state index contributed by atoms with van der Waals surface area (Å²) < 4.78 is 10.9. The molecule has 1 heterocycles. The number of carbonyl (C=O) groups excluding carboxylic acids is 2. The highest BCUT2D eigenvalue weighted by Gasteiger charge is 2.25. The molecule has 48 heavy (non-hydrogen) atoms. The number of hydrogen-bond donors (Lipinski definition) is 4. The number of methoxy groups -OCH3 is 1. The van der Waals surface area contributed by atoms with Crippen LogP contribution in [-0.4, -0.2) is 102 Å². The van der Waals surface area contributed by atoms with Crippen LogP contribution in [0.15, 0.2) is 36.4 Å². The van der Waals surface area contributed by atoms with Gasteiger partial charge in [-0.15, -0.1) is 0 Å². The second-order valence-electron chi connectivity index (χ2n) is 10.8. The van der Waals surface area contributed by atoms with E-state index in [1.165, 1.54) is 13.2 Å². The molecule has 5 N–H and O–H groups in total. The molecule has 1 fully saturated rings. The van der Waals surface area contributed by atoms with Gasteiger partial charge in [0.15, 0.2) is 17.1 Å². The summed E-state index contributed by atoms with van der Waals surface area (Å²) >= 11 is 0. The number of hydrogen-bond acceptors (Lipinski definition) is 12. The molecule has 0 radical (unpaired) electrons. The number of carboxylic acid groups (broad SMARTS) is 1. The fourth-order valence-corrected chi connectivity index (χ4v) is 4.70. The average Bonchev–Trinajstić information content (AvgIpc) is 3.05. The topological polar surface area (TPSA) is 233 Å². The Morgan fingerprint density at radius 1 is 0.938 bits per heavy atom. The summed E-state index contributed by atoms with van der Waals surface area (Å²) in [6.45, 7) is 6.73. The summed E-state index contributed by atoms with van der Waals surface area (Å²) in [5.74, 6) is 3.63. The third kappa shape index (κ3) is 9.80. The molecule has 1 aliphatic heterocycles. The molecule has 2 aromatic carbocycles. The maximum atomic E-state index is 12.2. The molecule has 0 aromatic heterocycles. The molecular formula is C31H37N7O10. The molecular weight excluding hydrogens is 630 g/mol. The van der Waals surface area contributed by atoms with Gasteiger partial charge in [0.2, 0.25) is 11.8 Å². The zero-order valence-corrected chi connectivity index (χ0v) is 26.7. The number of piperazine rings is 1. The lowest BCUT2D eigenvalue weighted by Gasteiger charge is -2.34. The van der Waals surface area contributed by atoms with Gasteiger partial charge in [-0.1, -0.05) is 37.8 Å². The minimum Gasteiger partial charge on any atom is -0.494 e. The zero-order valence-electron chi connectivity index (χ0n) is 26.7. The SMILES string of the molecule is COc1cc(C(=O)O)cc([N+](=O)[O-])c1NCC=CCNc1c(OCC#CCN2CCN(C(=O)C(C)C)CC2)cc(C(N)=O)cc1[N+](=O)[O-].